The van der Waals surface area contributed by atoms with Gasteiger partial charge in [0.2, 0.25) is 0 Å². The standard InChI is InChI=1S/C28H24N2O2S/c1-31-26-15-19(17-30-28-24(16-29)23-11-4-5-12-27(23)33-28)13-14-25(26)32-18-21-9-6-8-20-7-2-3-10-22(20)21/h2-3,6-10,13-15,17H,4-5,11-12,18H2,1H3. The second-order valence-corrected chi connectivity index (χ2v) is 9.18. The van der Waals surface area contributed by atoms with E-state index in [0.29, 0.717) is 18.1 Å². The van der Waals surface area contributed by atoms with Crippen molar-refractivity contribution in [3.05, 3.63) is 87.8 Å². The van der Waals surface area contributed by atoms with E-state index in [1.807, 2.05) is 30.3 Å². The summed E-state index contributed by atoms with van der Waals surface area (Å²) in [7, 11) is 1.64. The van der Waals surface area contributed by atoms with Gasteiger partial charge in [-0.15, -0.1) is 11.3 Å². The Morgan fingerprint density at radius 3 is 2.76 bits per heavy atom. The largest absolute Gasteiger partial charge is 0.493 e. The van der Waals surface area contributed by atoms with Crippen LogP contribution in [0.4, 0.5) is 5.00 Å². The summed E-state index contributed by atoms with van der Waals surface area (Å²) in [4.78, 5) is 5.98. The summed E-state index contributed by atoms with van der Waals surface area (Å²) >= 11 is 1.65. The smallest absolute Gasteiger partial charge is 0.161 e. The van der Waals surface area contributed by atoms with Crippen molar-refractivity contribution in [3.8, 4) is 17.6 Å². The van der Waals surface area contributed by atoms with Crippen molar-refractivity contribution in [2.24, 2.45) is 4.99 Å². The SMILES string of the molecule is COc1cc(C=Nc2sc3c(c2C#N)CCCC3)ccc1OCc1cccc2ccccc12. The fraction of sp³-hybridized carbons (Fsp3) is 0.214. The quantitative estimate of drug-likeness (QED) is 0.296. The summed E-state index contributed by atoms with van der Waals surface area (Å²) in [6.07, 6.45) is 6.19. The zero-order chi connectivity index (χ0) is 22.6. The Kier molecular flexibility index (Phi) is 6.10. The van der Waals surface area contributed by atoms with Gasteiger partial charge in [-0.1, -0.05) is 42.5 Å². The average Bonchev–Trinajstić information content (AvgIpc) is 3.23. The van der Waals surface area contributed by atoms with Gasteiger partial charge in [-0.2, -0.15) is 5.26 Å². The molecular weight excluding hydrogens is 428 g/mol. The molecule has 1 aliphatic rings. The number of fused-ring (bicyclic) bond motifs is 2. The molecule has 4 aromatic rings. The van der Waals surface area contributed by atoms with Crippen molar-refractivity contribution in [3.63, 3.8) is 0 Å². The Morgan fingerprint density at radius 1 is 1.03 bits per heavy atom. The molecule has 1 aliphatic carbocycles. The lowest BCUT2D eigenvalue weighted by molar-refractivity contribution is 0.285. The Balaban J connectivity index is 1.36. The van der Waals surface area contributed by atoms with Crippen LogP contribution in [0.2, 0.25) is 0 Å². The first-order valence-corrected chi connectivity index (χ1v) is 11.9. The molecule has 0 aliphatic heterocycles. The number of thiophene rings is 1. The second-order valence-electron chi connectivity index (χ2n) is 8.10. The molecule has 164 valence electrons. The van der Waals surface area contributed by atoms with Crippen LogP contribution in [0.1, 0.15) is 40.0 Å². The Hall–Kier alpha value is -3.62. The number of aliphatic imine (C=N–C) groups is 1. The number of ether oxygens (including phenoxy) is 2. The maximum Gasteiger partial charge on any atom is 0.161 e. The lowest BCUT2D eigenvalue weighted by Crippen LogP contribution is -1.99. The molecule has 4 nitrogen and oxygen atoms in total. The molecule has 0 unspecified atom stereocenters. The van der Waals surface area contributed by atoms with Crippen LogP contribution >= 0.6 is 11.3 Å². The third-order valence-corrected chi connectivity index (χ3v) is 7.25. The van der Waals surface area contributed by atoms with Crippen LogP contribution in [0.15, 0.2) is 65.7 Å². The van der Waals surface area contributed by atoms with Gasteiger partial charge in [-0.3, -0.25) is 0 Å². The van der Waals surface area contributed by atoms with E-state index in [2.05, 4.69) is 41.4 Å². The van der Waals surface area contributed by atoms with Crippen molar-refractivity contribution in [1.29, 1.82) is 5.26 Å². The van der Waals surface area contributed by atoms with Gasteiger partial charge < -0.3 is 9.47 Å². The van der Waals surface area contributed by atoms with Crippen molar-refractivity contribution < 1.29 is 9.47 Å². The number of benzene rings is 3. The predicted molar refractivity (Wildman–Crippen MR) is 134 cm³/mol. The number of nitriles is 1. The predicted octanol–water partition coefficient (Wildman–Crippen LogP) is 6.99. The van der Waals surface area contributed by atoms with Gasteiger partial charge >= 0.3 is 0 Å². The minimum atomic E-state index is 0.456. The Labute approximate surface area is 197 Å². The highest BCUT2D eigenvalue weighted by molar-refractivity contribution is 7.16. The fourth-order valence-corrected chi connectivity index (χ4v) is 5.53. The molecule has 33 heavy (non-hydrogen) atoms. The molecule has 0 bridgehead atoms. The van der Waals surface area contributed by atoms with E-state index in [0.717, 1.165) is 41.0 Å². The summed E-state index contributed by atoms with van der Waals surface area (Å²) in [5.74, 6) is 1.34. The number of methoxy groups -OCH3 is 1. The first-order valence-electron chi connectivity index (χ1n) is 11.1. The molecule has 3 aromatic carbocycles. The van der Waals surface area contributed by atoms with Gasteiger partial charge in [0.1, 0.15) is 17.7 Å². The van der Waals surface area contributed by atoms with E-state index in [1.54, 1.807) is 24.7 Å². The molecule has 1 aromatic heterocycles. The zero-order valence-electron chi connectivity index (χ0n) is 18.5. The second kappa shape index (κ2) is 9.48. The molecule has 0 spiro atoms. The fourth-order valence-electron chi connectivity index (χ4n) is 4.35. The van der Waals surface area contributed by atoms with E-state index in [4.69, 9.17) is 9.47 Å². The topological polar surface area (TPSA) is 54.6 Å². The molecule has 0 atom stereocenters. The van der Waals surface area contributed by atoms with Crippen LogP contribution in [0, 0.1) is 11.3 Å². The molecule has 0 radical (unpaired) electrons. The molecule has 0 amide bonds. The maximum atomic E-state index is 9.64. The third-order valence-electron chi connectivity index (χ3n) is 6.05. The molecule has 0 fully saturated rings. The first-order chi connectivity index (χ1) is 16.3. The molecule has 5 rings (SSSR count). The number of hydrogen-bond acceptors (Lipinski definition) is 5. The van der Waals surface area contributed by atoms with Gasteiger partial charge in [-0.05, 0) is 71.3 Å². The van der Waals surface area contributed by atoms with E-state index in [9.17, 15) is 5.26 Å². The maximum absolute atomic E-state index is 9.64. The summed E-state index contributed by atoms with van der Waals surface area (Å²) < 4.78 is 11.7. The first kappa shape index (κ1) is 21.2. The van der Waals surface area contributed by atoms with Gasteiger partial charge in [-0.25, -0.2) is 4.99 Å². The highest BCUT2D eigenvalue weighted by Gasteiger charge is 2.20. The van der Waals surface area contributed by atoms with Gasteiger partial charge in [0.05, 0.1) is 12.7 Å². The van der Waals surface area contributed by atoms with Crippen LogP contribution in [0.3, 0.4) is 0 Å². The third kappa shape index (κ3) is 4.35. The lowest BCUT2D eigenvalue weighted by atomic mass is 9.96. The highest BCUT2D eigenvalue weighted by Crippen LogP contribution is 2.39. The lowest BCUT2D eigenvalue weighted by Gasteiger charge is -2.12. The summed E-state index contributed by atoms with van der Waals surface area (Å²) in [6.45, 7) is 0.456. The normalized spacial score (nSPS) is 13.1. The Morgan fingerprint density at radius 2 is 1.88 bits per heavy atom. The van der Waals surface area contributed by atoms with E-state index >= 15 is 0 Å². The zero-order valence-corrected chi connectivity index (χ0v) is 19.3. The van der Waals surface area contributed by atoms with Crippen LogP contribution < -0.4 is 9.47 Å². The van der Waals surface area contributed by atoms with Crippen LogP contribution in [-0.2, 0) is 19.4 Å². The van der Waals surface area contributed by atoms with Crippen LogP contribution in [0.25, 0.3) is 10.8 Å². The van der Waals surface area contributed by atoms with Gasteiger partial charge in [0.25, 0.3) is 0 Å². The molecule has 1 heterocycles. The molecule has 5 heteroatoms. The average molecular weight is 453 g/mol. The van der Waals surface area contributed by atoms with E-state index in [-0.39, 0.29) is 0 Å². The van der Waals surface area contributed by atoms with Crippen LogP contribution in [0.5, 0.6) is 11.5 Å². The summed E-state index contributed by atoms with van der Waals surface area (Å²) in [5, 5.41) is 12.8. The minimum absolute atomic E-state index is 0.456. The Bertz CT molecular complexity index is 1380. The van der Waals surface area contributed by atoms with Gasteiger partial charge in [0.15, 0.2) is 11.5 Å². The minimum Gasteiger partial charge on any atom is -0.493 e. The number of rotatable bonds is 6. The highest BCUT2D eigenvalue weighted by atomic mass is 32.1. The number of hydrogen-bond donors (Lipinski definition) is 0. The van der Waals surface area contributed by atoms with Crippen molar-refractivity contribution >= 4 is 33.3 Å². The number of aryl methyl sites for hydroxylation is 1. The van der Waals surface area contributed by atoms with E-state index < -0.39 is 0 Å². The number of nitrogens with zero attached hydrogens (tertiary/aromatic N) is 2. The van der Waals surface area contributed by atoms with Crippen molar-refractivity contribution in [1.82, 2.24) is 0 Å². The van der Waals surface area contributed by atoms with Crippen molar-refractivity contribution in [2.45, 2.75) is 32.3 Å². The summed E-state index contributed by atoms with van der Waals surface area (Å²) in [5.41, 5.74) is 3.98. The van der Waals surface area contributed by atoms with Crippen molar-refractivity contribution in [2.75, 3.05) is 7.11 Å². The van der Waals surface area contributed by atoms with Gasteiger partial charge in [0, 0.05) is 11.1 Å². The summed E-state index contributed by atoms with van der Waals surface area (Å²) in [6, 6.07) is 22.7. The molecule has 0 saturated heterocycles. The molecular formula is C28H24N2O2S. The monoisotopic (exact) mass is 452 g/mol. The van der Waals surface area contributed by atoms with Crippen LogP contribution in [-0.4, -0.2) is 13.3 Å². The van der Waals surface area contributed by atoms with E-state index in [1.165, 1.54) is 27.6 Å². The molecule has 0 saturated carbocycles. The molecule has 0 N–H and O–H groups in total.